The van der Waals surface area contributed by atoms with Crippen molar-refractivity contribution in [3.8, 4) is 11.4 Å². The van der Waals surface area contributed by atoms with E-state index in [0.29, 0.717) is 11.5 Å². The van der Waals surface area contributed by atoms with Gasteiger partial charge in [-0.05, 0) is 61.3 Å². The Morgan fingerprint density at radius 1 is 1.23 bits per heavy atom. The topological polar surface area (TPSA) is 114 Å². The molecule has 40 heavy (non-hydrogen) atoms. The number of carbonyl (C=O) groups is 2. The molecular weight excluding hydrogens is 500 g/mol. The van der Waals surface area contributed by atoms with Gasteiger partial charge < -0.3 is 25.5 Å². The Bertz CT molecular complexity index is 1190. The molecule has 3 unspecified atom stereocenters. The van der Waals surface area contributed by atoms with Crippen molar-refractivity contribution in [3.05, 3.63) is 66.5 Å². The molecule has 4 rings (SSSR count). The second-order valence-corrected chi connectivity index (χ2v) is 10.00. The summed E-state index contributed by atoms with van der Waals surface area (Å²) in [4.78, 5) is 32.2. The third-order valence-corrected chi connectivity index (χ3v) is 7.28. The molecule has 216 valence electrons. The molecule has 0 saturated heterocycles. The Balaban J connectivity index is 0.00000125. The van der Waals surface area contributed by atoms with Crippen LogP contribution in [0.4, 0.5) is 5.82 Å². The fraction of sp³-hybridized carbons (Fsp3) is 0.406. The second kappa shape index (κ2) is 16.9. The Labute approximate surface area is 240 Å². The minimum Gasteiger partial charge on any atom is -0.383 e. The fourth-order valence-corrected chi connectivity index (χ4v) is 5.35. The number of aliphatic imine (C=N–C) groups is 1. The lowest BCUT2D eigenvalue weighted by atomic mass is 9.46. The van der Waals surface area contributed by atoms with Gasteiger partial charge in [0.05, 0.1) is 0 Å². The molecule has 2 aliphatic rings. The lowest BCUT2D eigenvalue weighted by molar-refractivity contribution is -0.0987. The van der Waals surface area contributed by atoms with Crippen molar-refractivity contribution in [1.82, 2.24) is 14.9 Å². The van der Waals surface area contributed by atoms with Gasteiger partial charge in [-0.25, -0.2) is 9.97 Å². The molecule has 2 aliphatic carbocycles. The summed E-state index contributed by atoms with van der Waals surface area (Å²) in [5.41, 5.74) is 10.2. The van der Waals surface area contributed by atoms with Crippen LogP contribution in [0.3, 0.4) is 0 Å². The van der Waals surface area contributed by atoms with E-state index in [1.165, 1.54) is 26.3 Å². The normalized spacial score (nSPS) is 21.0. The molecule has 2 aromatic rings. The first-order chi connectivity index (χ1) is 19.4. The van der Waals surface area contributed by atoms with Gasteiger partial charge in [0.2, 0.25) is 0 Å². The van der Waals surface area contributed by atoms with Crippen molar-refractivity contribution < 1.29 is 9.59 Å². The minimum absolute atomic E-state index is 0.475. The minimum atomic E-state index is 0.475. The predicted molar refractivity (Wildman–Crippen MR) is 169 cm³/mol. The highest BCUT2D eigenvalue weighted by atomic mass is 16.1. The molecule has 8 nitrogen and oxygen atoms in total. The smallest absolute Gasteiger partial charge is 0.161 e. The Hall–Kier alpha value is -3.91. The highest BCUT2D eigenvalue weighted by Gasteiger charge is 2.56. The Morgan fingerprint density at radius 2 is 1.93 bits per heavy atom. The highest BCUT2D eigenvalue weighted by molar-refractivity contribution is 6.11. The first-order valence-corrected chi connectivity index (χ1v) is 13.4. The molecule has 0 aliphatic heterocycles. The van der Waals surface area contributed by atoms with Crippen molar-refractivity contribution in [3.63, 3.8) is 0 Å². The van der Waals surface area contributed by atoms with Gasteiger partial charge in [-0.15, -0.1) is 0 Å². The number of carbonyl (C=O) groups excluding carboxylic acids is 2. The average molecular weight is 547 g/mol. The first kappa shape index (κ1) is 34.1. The summed E-state index contributed by atoms with van der Waals surface area (Å²) < 4.78 is 0. The van der Waals surface area contributed by atoms with Crippen molar-refractivity contribution in [2.24, 2.45) is 22.1 Å². The van der Waals surface area contributed by atoms with E-state index < -0.39 is 0 Å². The lowest BCUT2D eigenvalue weighted by Gasteiger charge is -2.62. The zero-order valence-electron chi connectivity index (χ0n) is 25.0. The van der Waals surface area contributed by atoms with Gasteiger partial charge in [-0.2, -0.15) is 0 Å². The second-order valence-electron chi connectivity index (χ2n) is 10.00. The molecule has 8 heteroatoms. The maximum Gasteiger partial charge on any atom is 0.161 e. The molecule has 0 spiro atoms. The summed E-state index contributed by atoms with van der Waals surface area (Å²) in [5, 5.41) is 3.80. The molecule has 0 amide bonds. The van der Waals surface area contributed by atoms with Crippen molar-refractivity contribution >= 4 is 36.8 Å². The third-order valence-electron chi connectivity index (χ3n) is 7.28. The van der Waals surface area contributed by atoms with E-state index in [0.717, 1.165) is 51.8 Å². The lowest BCUT2D eigenvalue weighted by Crippen LogP contribution is -2.59. The molecule has 1 aromatic carbocycles. The summed E-state index contributed by atoms with van der Waals surface area (Å²) in [6.45, 7) is 12.5. The quantitative estimate of drug-likeness (QED) is 0.314. The van der Waals surface area contributed by atoms with Crippen LogP contribution >= 0.6 is 0 Å². The van der Waals surface area contributed by atoms with Crippen LogP contribution in [0.2, 0.25) is 0 Å². The number of rotatable bonds is 9. The zero-order chi connectivity index (χ0) is 30.3. The monoisotopic (exact) mass is 546 g/mol. The molecule has 3 atom stereocenters. The molecule has 2 fully saturated rings. The molecule has 2 saturated carbocycles. The van der Waals surface area contributed by atoms with Crippen LogP contribution in [0.1, 0.15) is 50.7 Å². The first-order valence-electron chi connectivity index (χ1n) is 13.4. The van der Waals surface area contributed by atoms with Crippen LogP contribution in [-0.4, -0.2) is 68.9 Å². The van der Waals surface area contributed by atoms with Crippen LogP contribution in [0.5, 0.6) is 0 Å². The van der Waals surface area contributed by atoms with Crippen LogP contribution in [0.25, 0.3) is 22.5 Å². The maximum absolute atomic E-state index is 8.00. The van der Waals surface area contributed by atoms with Crippen molar-refractivity contribution in [2.75, 3.05) is 33.5 Å². The summed E-state index contributed by atoms with van der Waals surface area (Å²) in [5.74, 6) is 2.37. The number of hydrogen-bond acceptors (Lipinski definition) is 8. The number of allylic oxidation sites excluding steroid dienone is 4. The number of nitrogens with one attached hydrogen (secondary N) is 1. The van der Waals surface area contributed by atoms with Gasteiger partial charge in [0.25, 0.3) is 0 Å². The van der Waals surface area contributed by atoms with Gasteiger partial charge in [-0.1, -0.05) is 50.8 Å². The van der Waals surface area contributed by atoms with Gasteiger partial charge >= 0.3 is 0 Å². The van der Waals surface area contributed by atoms with E-state index in [-0.39, 0.29) is 0 Å². The summed E-state index contributed by atoms with van der Waals surface area (Å²) in [6, 6.07) is 8.84. The van der Waals surface area contributed by atoms with Gasteiger partial charge in [0, 0.05) is 62.5 Å². The van der Waals surface area contributed by atoms with Crippen molar-refractivity contribution in [1.29, 1.82) is 0 Å². The van der Waals surface area contributed by atoms with E-state index in [1.807, 2.05) is 58.1 Å². The molecule has 0 radical (unpaired) electrons. The zero-order valence-corrected chi connectivity index (χ0v) is 25.0. The molecule has 0 bridgehead atoms. The van der Waals surface area contributed by atoms with E-state index in [4.69, 9.17) is 19.6 Å². The molecular formula is C32H46N6O2. The van der Waals surface area contributed by atoms with Crippen molar-refractivity contribution in [2.45, 2.75) is 45.6 Å². The third kappa shape index (κ3) is 8.05. The maximum atomic E-state index is 8.00. The SMILES string of the molecule is C=C/C(=C\N(C)C)c1cccc(-c2ncc(/C(C=NC)=C/CC)c(NC3CC4(C)CCC34)n2)c1.C=O.C=O.CN. The molecule has 1 aromatic heterocycles. The Morgan fingerprint density at radius 3 is 2.42 bits per heavy atom. The van der Waals surface area contributed by atoms with E-state index >= 15 is 0 Å². The van der Waals surface area contributed by atoms with Crippen LogP contribution < -0.4 is 11.1 Å². The number of hydrogen-bond donors (Lipinski definition) is 2. The van der Waals surface area contributed by atoms with Crippen LogP contribution in [0, 0.1) is 11.3 Å². The van der Waals surface area contributed by atoms with Crippen LogP contribution in [0.15, 0.2) is 60.4 Å². The van der Waals surface area contributed by atoms with E-state index in [1.54, 1.807) is 0 Å². The summed E-state index contributed by atoms with van der Waals surface area (Å²) in [6.07, 6.45) is 14.8. The van der Waals surface area contributed by atoms with E-state index in [2.05, 4.69) is 73.0 Å². The fourth-order valence-electron chi connectivity index (χ4n) is 5.35. The van der Waals surface area contributed by atoms with Gasteiger partial charge in [0.1, 0.15) is 19.4 Å². The number of aromatic nitrogens is 2. The Kier molecular flexibility index (Phi) is 14.4. The number of anilines is 1. The number of nitrogens with zero attached hydrogens (tertiary/aromatic N) is 4. The highest BCUT2D eigenvalue weighted by Crippen LogP contribution is 2.61. The predicted octanol–water partition coefficient (Wildman–Crippen LogP) is 5.53. The molecule has 3 N–H and O–H groups in total. The van der Waals surface area contributed by atoms with Gasteiger partial charge in [0.15, 0.2) is 5.82 Å². The standard InChI is InChI=1S/C29H37N5.CH5N.2CH2O/c1-7-10-23(17-30-4)24-18-31-27(33-28(24)32-26-16-29(3)14-13-25(26)29)22-12-9-11-21(15-22)20(8-2)19-34(5)6;3*1-2/h8-12,15,17-19,25-26H,2,7,13-14,16H2,1,3-6H3,(H,31,32,33);2H2,1H3;2*1H2/b20-19+,23-10+,30-17?;;;. The number of nitrogens with two attached hydrogens (primary N) is 1. The summed E-state index contributed by atoms with van der Waals surface area (Å²) in [7, 11) is 7.34. The molecule has 1 heterocycles. The van der Waals surface area contributed by atoms with Crippen LogP contribution in [-0.2, 0) is 9.59 Å². The largest absolute Gasteiger partial charge is 0.383 e. The van der Waals surface area contributed by atoms with Gasteiger partial charge in [-0.3, -0.25) is 4.99 Å². The average Bonchev–Trinajstić information content (AvgIpc) is 2.98. The van der Waals surface area contributed by atoms with E-state index in [9.17, 15) is 0 Å². The number of fused-ring (bicyclic) bond motifs is 1. The summed E-state index contributed by atoms with van der Waals surface area (Å²) >= 11 is 0. The number of benzene rings is 1.